The second kappa shape index (κ2) is 9.13. The van der Waals surface area contributed by atoms with Crippen LogP contribution in [0.15, 0.2) is 35.5 Å². The first kappa shape index (κ1) is 20.9. The van der Waals surface area contributed by atoms with E-state index in [0.717, 1.165) is 36.0 Å². The molecule has 0 spiro atoms. The predicted molar refractivity (Wildman–Crippen MR) is 118 cm³/mol. The Morgan fingerprint density at radius 1 is 1.21 bits per heavy atom. The SMILES string of the molecule is CCCN(CC)c1ccn(C(C)c2nnc(-c3cncc(N(C)C)n3)s2)c(=O)c1. The minimum atomic E-state index is -0.214. The number of nitrogens with zero attached hydrogens (tertiary/aromatic N) is 7. The molecular formula is C20H27N7OS. The van der Waals surface area contributed by atoms with Crippen molar-refractivity contribution in [3.05, 3.63) is 46.1 Å². The van der Waals surface area contributed by atoms with Crippen LogP contribution in [-0.4, -0.2) is 51.9 Å². The van der Waals surface area contributed by atoms with Gasteiger partial charge in [0.15, 0.2) is 5.01 Å². The highest BCUT2D eigenvalue weighted by Crippen LogP contribution is 2.27. The molecule has 1 atom stereocenters. The van der Waals surface area contributed by atoms with Gasteiger partial charge in [-0.25, -0.2) is 4.98 Å². The molecule has 0 fully saturated rings. The van der Waals surface area contributed by atoms with Crippen LogP contribution in [-0.2, 0) is 0 Å². The van der Waals surface area contributed by atoms with Gasteiger partial charge >= 0.3 is 0 Å². The Kier molecular flexibility index (Phi) is 6.58. The van der Waals surface area contributed by atoms with E-state index in [-0.39, 0.29) is 11.6 Å². The fourth-order valence-electron chi connectivity index (χ4n) is 3.04. The van der Waals surface area contributed by atoms with Crippen molar-refractivity contribution in [1.82, 2.24) is 24.7 Å². The second-order valence-corrected chi connectivity index (χ2v) is 8.00. The summed E-state index contributed by atoms with van der Waals surface area (Å²) in [6.45, 7) is 8.00. The maximum Gasteiger partial charge on any atom is 0.253 e. The van der Waals surface area contributed by atoms with Crippen LogP contribution >= 0.6 is 11.3 Å². The van der Waals surface area contributed by atoms with Crippen molar-refractivity contribution < 1.29 is 0 Å². The summed E-state index contributed by atoms with van der Waals surface area (Å²) in [6, 6.07) is 3.48. The van der Waals surface area contributed by atoms with Gasteiger partial charge in [-0.3, -0.25) is 9.78 Å². The Morgan fingerprint density at radius 3 is 2.66 bits per heavy atom. The second-order valence-electron chi connectivity index (χ2n) is 6.99. The number of pyridine rings is 1. The Balaban J connectivity index is 1.86. The summed E-state index contributed by atoms with van der Waals surface area (Å²) in [5, 5.41) is 10.0. The molecule has 1 unspecified atom stereocenters. The van der Waals surface area contributed by atoms with Crippen molar-refractivity contribution in [2.75, 3.05) is 37.0 Å². The first-order chi connectivity index (χ1) is 13.9. The third kappa shape index (κ3) is 4.61. The minimum absolute atomic E-state index is 0.0456. The molecule has 154 valence electrons. The summed E-state index contributed by atoms with van der Waals surface area (Å²) in [6.07, 6.45) is 6.26. The fourth-order valence-corrected chi connectivity index (χ4v) is 3.88. The van der Waals surface area contributed by atoms with E-state index < -0.39 is 0 Å². The van der Waals surface area contributed by atoms with E-state index in [4.69, 9.17) is 0 Å². The van der Waals surface area contributed by atoms with Gasteiger partial charge in [0, 0.05) is 45.1 Å². The van der Waals surface area contributed by atoms with Crippen LogP contribution in [0.1, 0.15) is 38.2 Å². The van der Waals surface area contributed by atoms with E-state index in [2.05, 4.69) is 38.9 Å². The van der Waals surface area contributed by atoms with Crippen LogP contribution in [0.4, 0.5) is 11.5 Å². The molecule has 0 aliphatic rings. The average molecular weight is 414 g/mol. The Morgan fingerprint density at radius 2 is 2.00 bits per heavy atom. The molecule has 9 heteroatoms. The zero-order valence-electron chi connectivity index (χ0n) is 17.5. The van der Waals surface area contributed by atoms with Crippen molar-refractivity contribution >= 4 is 22.8 Å². The maximum absolute atomic E-state index is 12.7. The smallest absolute Gasteiger partial charge is 0.253 e. The highest BCUT2D eigenvalue weighted by molar-refractivity contribution is 7.14. The first-order valence-electron chi connectivity index (χ1n) is 9.74. The summed E-state index contributed by atoms with van der Waals surface area (Å²) < 4.78 is 1.69. The molecule has 0 amide bonds. The van der Waals surface area contributed by atoms with Gasteiger partial charge in [-0.1, -0.05) is 18.3 Å². The third-order valence-electron chi connectivity index (χ3n) is 4.69. The zero-order chi connectivity index (χ0) is 21.0. The van der Waals surface area contributed by atoms with Gasteiger partial charge in [-0.05, 0) is 26.3 Å². The molecule has 0 bridgehead atoms. The van der Waals surface area contributed by atoms with Gasteiger partial charge in [0.25, 0.3) is 5.56 Å². The van der Waals surface area contributed by atoms with Crippen LogP contribution in [0, 0.1) is 0 Å². The van der Waals surface area contributed by atoms with Crippen molar-refractivity contribution in [3.63, 3.8) is 0 Å². The minimum Gasteiger partial charge on any atom is -0.372 e. The normalized spacial score (nSPS) is 12.0. The van der Waals surface area contributed by atoms with Gasteiger partial charge in [0.2, 0.25) is 0 Å². The summed E-state index contributed by atoms with van der Waals surface area (Å²) >= 11 is 1.43. The van der Waals surface area contributed by atoms with Crippen molar-refractivity contribution in [2.24, 2.45) is 0 Å². The molecule has 3 rings (SSSR count). The standard InChI is InChI=1S/C20H27N7OS/c1-6-9-26(7-2)15-8-10-27(18(28)11-15)14(3)19-23-24-20(29-19)16-12-21-13-17(22-16)25(4)5/h8,10-14H,6-7,9H2,1-5H3. The van der Waals surface area contributed by atoms with E-state index in [1.54, 1.807) is 23.0 Å². The predicted octanol–water partition coefficient (Wildman–Crippen LogP) is 3.07. The first-order valence-corrected chi connectivity index (χ1v) is 10.6. The summed E-state index contributed by atoms with van der Waals surface area (Å²) in [7, 11) is 3.83. The number of anilines is 2. The molecule has 0 aliphatic heterocycles. The monoisotopic (exact) mass is 413 g/mol. The number of rotatable bonds is 8. The molecule has 0 aliphatic carbocycles. The van der Waals surface area contributed by atoms with Crippen molar-refractivity contribution in [3.8, 4) is 10.7 Å². The van der Waals surface area contributed by atoms with E-state index in [1.807, 2.05) is 38.2 Å². The molecule has 0 saturated carbocycles. The van der Waals surface area contributed by atoms with Crippen molar-refractivity contribution in [2.45, 2.75) is 33.2 Å². The number of hydrogen-bond donors (Lipinski definition) is 0. The molecule has 3 aromatic rings. The zero-order valence-corrected chi connectivity index (χ0v) is 18.3. The average Bonchev–Trinajstić information content (AvgIpc) is 3.22. The lowest BCUT2D eigenvalue weighted by Gasteiger charge is -2.23. The quantitative estimate of drug-likeness (QED) is 0.561. The summed E-state index contributed by atoms with van der Waals surface area (Å²) in [4.78, 5) is 25.6. The number of hydrogen-bond acceptors (Lipinski definition) is 8. The highest BCUT2D eigenvalue weighted by atomic mass is 32.1. The van der Waals surface area contributed by atoms with E-state index >= 15 is 0 Å². The van der Waals surface area contributed by atoms with Crippen LogP contribution in [0.2, 0.25) is 0 Å². The Labute approximate surface area is 174 Å². The fraction of sp³-hybridized carbons (Fsp3) is 0.450. The molecule has 0 saturated heterocycles. The van der Waals surface area contributed by atoms with E-state index in [0.29, 0.717) is 10.7 Å². The Hall–Kier alpha value is -2.81. The molecule has 0 N–H and O–H groups in total. The van der Waals surface area contributed by atoms with Crippen molar-refractivity contribution in [1.29, 1.82) is 0 Å². The highest BCUT2D eigenvalue weighted by Gasteiger charge is 2.18. The topological polar surface area (TPSA) is 80.0 Å². The number of aromatic nitrogens is 5. The van der Waals surface area contributed by atoms with Crippen LogP contribution in [0.25, 0.3) is 10.7 Å². The largest absolute Gasteiger partial charge is 0.372 e. The van der Waals surface area contributed by atoms with Gasteiger partial charge in [0.05, 0.1) is 18.4 Å². The molecule has 29 heavy (non-hydrogen) atoms. The Bertz CT molecular complexity index is 1010. The van der Waals surface area contributed by atoms with Crippen LogP contribution in [0.3, 0.4) is 0 Å². The molecule has 0 aromatic carbocycles. The van der Waals surface area contributed by atoms with E-state index in [9.17, 15) is 4.79 Å². The van der Waals surface area contributed by atoms with E-state index in [1.165, 1.54) is 11.3 Å². The molecular weight excluding hydrogens is 386 g/mol. The lowest BCUT2D eigenvalue weighted by molar-refractivity contribution is 0.604. The van der Waals surface area contributed by atoms with Gasteiger partial charge in [-0.15, -0.1) is 10.2 Å². The maximum atomic E-state index is 12.7. The van der Waals surface area contributed by atoms with Gasteiger partial charge < -0.3 is 14.4 Å². The molecule has 0 radical (unpaired) electrons. The lowest BCUT2D eigenvalue weighted by Crippen LogP contribution is -2.28. The van der Waals surface area contributed by atoms with Gasteiger partial charge in [0.1, 0.15) is 16.5 Å². The van der Waals surface area contributed by atoms with Crippen LogP contribution < -0.4 is 15.4 Å². The third-order valence-corrected chi connectivity index (χ3v) is 5.80. The lowest BCUT2D eigenvalue weighted by atomic mass is 10.3. The summed E-state index contributed by atoms with van der Waals surface area (Å²) in [5.74, 6) is 0.756. The molecule has 3 heterocycles. The summed E-state index contributed by atoms with van der Waals surface area (Å²) in [5.41, 5.74) is 1.58. The van der Waals surface area contributed by atoms with Crippen LogP contribution in [0.5, 0.6) is 0 Å². The molecule has 3 aromatic heterocycles. The molecule has 8 nitrogen and oxygen atoms in total. The van der Waals surface area contributed by atoms with Gasteiger partial charge in [-0.2, -0.15) is 0 Å².